The largest absolute Gasteiger partial charge is 0.321 e. The summed E-state index contributed by atoms with van der Waals surface area (Å²) in [5.41, 5.74) is 2.98. The fraction of sp³-hybridized carbons (Fsp3) is 0.391. The van der Waals surface area contributed by atoms with Gasteiger partial charge in [-0.25, -0.2) is 0 Å². The molecular weight excluding hydrogens is 334 g/mol. The van der Waals surface area contributed by atoms with Crippen molar-refractivity contribution in [3.63, 3.8) is 0 Å². The smallest absolute Gasteiger partial charge is 0.255 e. The maximum atomic E-state index is 12.8. The molecule has 2 aliphatic rings. The van der Waals surface area contributed by atoms with Crippen LogP contribution < -0.4 is 5.32 Å². The molecule has 2 saturated carbocycles. The predicted octanol–water partition coefficient (Wildman–Crippen LogP) is 3.71. The quantitative estimate of drug-likeness (QED) is 0.731. The summed E-state index contributed by atoms with van der Waals surface area (Å²) in [4.78, 5) is 14.4. The van der Waals surface area contributed by atoms with Crippen molar-refractivity contribution >= 4 is 5.91 Å². The molecule has 2 aromatic rings. The van der Waals surface area contributed by atoms with Crippen LogP contribution in [0.2, 0.25) is 0 Å². The third-order valence-corrected chi connectivity index (χ3v) is 5.51. The van der Waals surface area contributed by atoms with Crippen LogP contribution in [0.4, 0.5) is 0 Å². The Bertz CT molecular complexity index is 821. The molecule has 4 rings (SSSR count). The van der Waals surface area contributed by atoms with Gasteiger partial charge in [0.15, 0.2) is 0 Å². The van der Waals surface area contributed by atoms with Crippen molar-refractivity contribution in [3.05, 3.63) is 71.3 Å². The molecule has 0 heterocycles. The highest BCUT2D eigenvalue weighted by Crippen LogP contribution is 2.41. The van der Waals surface area contributed by atoms with Crippen LogP contribution in [0.15, 0.2) is 54.6 Å². The Kier molecular flexibility index (Phi) is 5.22. The minimum atomic E-state index is -0.0915. The third-order valence-electron chi connectivity index (χ3n) is 5.51. The lowest BCUT2D eigenvalue weighted by Crippen LogP contribution is -2.30. The first-order valence-electron chi connectivity index (χ1n) is 9.78. The van der Waals surface area contributed by atoms with Crippen LogP contribution in [0.5, 0.6) is 0 Å². The van der Waals surface area contributed by atoms with Crippen molar-refractivity contribution in [2.24, 2.45) is 5.92 Å². The van der Waals surface area contributed by atoms with E-state index in [0.29, 0.717) is 24.1 Å². The summed E-state index contributed by atoms with van der Waals surface area (Å²) in [7, 11) is 0. The lowest BCUT2D eigenvalue weighted by molar-refractivity contribution is 0.0765. The second-order valence-electron chi connectivity index (χ2n) is 7.73. The molecule has 138 valence electrons. The van der Waals surface area contributed by atoms with Gasteiger partial charge in [0.2, 0.25) is 0 Å². The molecule has 4 heteroatoms. The van der Waals surface area contributed by atoms with Gasteiger partial charge >= 0.3 is 0 Å². The zero-order chi connectivity index (χ0) is 18.6. The Morgan fingerprint density at radius 2 is 1.85 bits per heavy atom. The van der Waals surface area contributed by atoms with Crippen LogP contribution in [-0.2, 0) is 6.54 Å². The third kappa shape index (κ3) is 4.56. The van der Waals surface area contributed by atoms with Gasteiger partial charge < -0.3 is 10.2 Å². The minimum Gasteiger partial charge on any atom is -0.321 e. The Labute approximate surface area is 160 Å². The summed E-state index contributed by atoms with van der Waals surface area (Å²) in [6, 6.07) is 20.5. The second kappa shape index (κ2) is 7.94. The number of amides is 1. The summed E-state index contributed by atoms with van der Waals surface area (Å²) >= 11 is 0. The number of hydrogen-bond donors (Lipinski definition) is 1. The average Bonchev–Trinajstić information content (AvgIpc) is 3.61. The first kappa shape index (κ1) is 17.8. The molecule has 1 amide bonds. The van der Waals surface area contributed by atoms with Crippen molar-refractivity contribution < 1.29 is 4.79 Å². The zero-order valence-electron chi connectivity index (χ0n) is 15.5. The average molecular weight is 359 g/mol. The molecule has 2 atom stereocenters. The van der Waals surface area contributed by atoms with E-state index in [-0.39, 0.29) is 12.5 Å². The van der Waals surface area contributed by atoms with Crippen LogP contribution in [0.25, 0.3) is 0 Å². The van der Waals surface area contributed by atoms with Gasteiger partial charge in [0.05, 0.1) is 6.07 Å². The van der Waals surface area contributed by atoms with Crippen LogP contribution >= 0.6 is 0 Å². The highest BCUT2D eigenvalue weighted by molar-refractivity contribution is 5.94. The lowest BCUT2D eigenvalue weighted by Gasteiger charge is -2.20. The maximum Gasteiger partial charge on any atom is 0.255 e. The number of nitrogens with zero attached hydrogens (tertiary/aromatic N) is 2. The van der Waals surface area contributed by atoms with Crippen LogP contribution in [0, 0.1) is 17.2 Å². The van der Waals surface area contributed by atoms with E-state index < -0.39 is 0 Å². The lowest BCUT2D eigenvalue weighted by atomic mass is 10.1. The molecule has 2 aromatic carbocycles. The van der Waals surface area contributed by atoms with Crippen molar-refractivity contribution in [1.29, 1.82) is 5.26 Å². The summed E-state index contributed by atoms with van der Waals surface area (Å²) in [6.45, 7) is 1.69. The summed E-state index contributed by atoms with van der Waals surface area (Å²) < 4.78 is 0. The van der Waals surface area contributed by atoms with E-state index in [4.69, 9.17) is 5.26 Å². The van der Waals surface area contributed by atoms with Crippen molar-refractivity contribution in [2.75, 3.05) is 13.1 Å². The molecule has 0 radical (unpaired) electrons. The van der Waals surface area contributed by atoms with Gasteiger partial charge in [-0.15, -0.1) is 0 Å². The molecule has 2 aliphatic carbocycles. The standard InChI is InChI=1S/C23H25N3O/c24-12-13-26(16-18-4-2-1-3-5-18)23(27)20-10-8-19(9-11-20)21-14-22(21)25-15-17-6-7-17/h1-5,8-11,17,21-22,25H,6-7,13-16H2/t21-,22+/m0/s1. The van der Waals surface area contributed by atoms with Gasteiger partial charge in [0.1, 0.15) is 6.54 Å². The molecule has 4 nitrogen and oxygen atoms in total. The van der Waals surface area contributed by atoms with E-state index in [9.17, 15) is 4.79 Å². The summed E-state index contributed by atoms with van der Waals surface area (Å²) in [5, 5.41) is 12.8. The van der Waals surface area contributed by atoms with Gasteiger partial charge in [-0.2, -0.15) is 5.26 Å². The Balaban J connectivity index is 1.38. The molecule has 0 unspecified atom stereocenters. The second-order valence-corrected chi connectivity index (χ2v) is 7.73. The number of carbonyl (C=O) groups excluding carboxylic acids is 1. The highest BCUT2D eigenvalue weighted by Gasteiger charge is 2.38. The number of hydrogen-bond acceptors (Lipinski definition) is 3. The van der Waals surface area contributed by atoms with Crippen LogP contribution in [-0.4, -0.2) is 29.9 Å². The van der Waals surface area contributed by atoms with Gasteiger partial charge in [0.25, 0.3) is 5.91 Å². The molecular formula is C23H25N3O. The first-order valence-corrected chi connectivity index (χ1v) is 9.78. The number of carbonyl (C=O) groups is 1. The molecule has 0 aliphatic heterocycles. The minimum absolute atomic E-state index is 0.0886. The maximum absolute atomic E-state index is 12.8. The summed E-state index contributed by atoms with van der Waals surface area (Å²) in [6.07, 6.45) is 3.95. The van der Waals surface area contributed by atoms with Gasteiger partial charge in [-0.1, -0.05) is 42.5 Å². The van der Waals surface area contributed by atoms with Gasteiger partial charge in [-0.3, -0.25) is 4.79 Å². The number of nitriles is 1. The van der Waals surface area contributed by atoms with Crippen molar-refractivity contribution in [3.8, 4) is 6.07 Å². The Morgan fingerprint density at radius 1 is 1.11 bits per heavy atom. The van der Waals surface area contributed by atoms with Crippen molar-refractivity contribution in [2.45, 2.75) is 37.8 Å². The number of benzene rings is 2. The van der Waals surface area contributed by atoms with Gasteiger partial charge in [0, 0.05) is 24.1 Å². The normalized spacial score (nSPS) is 20.7. The molecule has 0 saturated heterocycles. The molecule has 1 N–H and O–H groups in total. The predicted molar refractivity (Wildman–Crippen MR) is 105 cm³/mol. The first-order chi connectivity index (χ1) is 13.2. The monoisotopic (exact) mass is 359 g/mol. The van der Waals surface area contributed by atoms with E-state index in [2.05, 4.69) is 23.5 Å². The van der Waals surface area contributed by atoms with E-state index in [1.165, 1.54) is 24.8 Å². The molecule has 0 bridgehead atoms. The van der Waals surface area contributed by atoms with Crippen LogP contribution in [0.3, 0.4) is 0 Å². The van der Waals surface area contributed by atoms with Gasteiger partial charge in [-0.05, 0) is 55.0 Å². The highest BCUT2D eigenvalue weighted by atomic mass is 16.2. The topological polar surface area (TPSA) is 56.1 Å². The molecule has 27 heavy (non-hydrogen) atoms. The molecule has 2 fully saturated rings. The van der Waals surface area contributed by atoms with E-state index in [1.807, 2.05) is 42.5 Å². The SMILES string of the molecule is N#CCN(Cc1ccccc1)C(=O)c1ccc([C@@H]2C[C@H]2NCC2CC2)cc1. The summed E-state index contributed by atoms with van der Waals surface area (Å²) in [5.74, 6) is 1.39. The number of nitrogens with one attached hydrogen (secondary N) is 1. The van der Waals surface area contributed by atoms with E-state index in [1.54, 1.807) is 4.90 Å². The molecule has 0 spiro atoms. The van der Waals surface area contributed by atoms with Crippen LogP contribution in [0.1, 0.15) is 46.7 Å². The van der Waals surface area contributed by atoms with E-state index in [0.717, 1.165) is 18.0 Å². The Morgan fingerprint density at radius 3 is 2.52 bits per heavy atom. The van der Waals surface area contributed by atoms with E-state index >= 15 is 0 Å². The number of rotatable bonds is 8. The molecule has 0 aromatic heterocycles. The fourth-order valence-electron chi connectivity index (χ4n) is 3.57. The van der Waals surface area contributed by atoms with Crippen molar-refractivity contribution in [1.82, 2.24) is 10.2 Å². The Hall–Kier alpha value is -2.64. The zero-order valence-corrected chi connectivity index (χ0v) is 15.5. The fourth-order valence-corrected chi connectivity index (χ4v) is 3.57.